The first-order valence-corrected chi connectivity index (χ1v) is 11.5. The molecule has 0 aromatic heterocycles. The Kier molecular flexibility index (Phi) is 6.11. The van der Waals surface area contributed by atoms with Gasteiger partial charge >= 0.3 is 0 Å². The minimum atomic E-state index is -1.42. The predicted octanol–water partition coefficient (Wildman–Crippen LogP) is 3.54. The maximum Gasteiger partial charge on any atom is 0.270 e. The van der Waals surface area contributed by atoms with Crippen LogP contribution in [0.1, 0.15) is 30.5 Å². The van der Waals surface area contributed by atoms with E-state index in [2.05, 4.69) is 10.4 Å². The summed E-state index contributed by atoms with van der Waals surface area (Å²) in [7, 11) is 0. The Balaban J connectivity index is 1.70. The fraction of sp³-hybridized carbons (Fsp3) is 0.304. The number of nitrogens with one attached hydrogen (secondary N) is 1. The van der Waals surface area contributed by atoms with Gasteiger partial charge in [0.15, 0.2) is 5.17 Å². The molecule has 0 fully saturated rings. The highest BCUT2D eigenvalue weighted by atomic mass is 35.5. The number of halogens is 1. The number of hydrazone groups is 1. The van der Waals surface area contributed by atoms with Crippen molar-refractivity contribution >= 4 is 51.9 Å². The molecular formula is C23H23ClN4O4S. The van der Waals surface area contributed by atoms with Crippen LogP contribution in [0.2, 0.25) is 5.02 Å². The molecule has 3 amide bonds. The van der Waals surface area contributed by atoms with Crippen LogP contribution in [-0.2, 0) is 19.3 Å². The summed E-state index contributed by atoms with van der Waals surface area (Å²) < 4.78 is 5.82. The number of hydrogen-bond donors (Lipinski definition) is 1. The maximum atomic E-state index is 13.9. The van der Waals surface area contributed by atoms with Crippen LogP contribution in [0.3, 0.4) is 0 Å². The average molecular weight is 487 g/mol. The second kappa shape index (κ2) is 8.72. The summed E-state index contributed by atoms with van der Waals surface area (Å²) in [5.74, 6) is -0.407. The molecular weight excluding hydrogens is 464 g/mol. The fourth-order valence-corrected chi connectivity index (χ4v) is 5.58. The molecule has 2 aliphatic rings. The van der Waals surface area contributed by atoms with Crippen molar-refractivity contribution in [3.63, 3.8) is 0 Å². The lowest BCUT2D eigenvalue weighted by atomic mass is 10.0. The number of benzene rings is 2. The molecule has 2 aliphatic heterocycles. The van der Waals surface area contributed by atoms with Crippen LogP contribution in [0.15, 0.2) is 41.5 Å². The van der Waals surface area contributed by atoms with Gasteiger partial charge in [-0.1, -0.05) is 29.3 Å². The number of thioether (sulfide) groups is 1. The van der Waals surface area contributed by atoms with Crippen molar-refractivity contribution in [2.45, 2.75) is 32.6 Å². The van der Waals surface area contributed by atoms with E-state index in [1.807, 2.05) is 26.0 Å². The number of nitrogens with zero attached hydrogens (tertiary/aromatic N) is 3. The molecule has 1 N–H and O–H groups in total. The third-order valence-electron chi connectivity index (χ3n) is 5.33. The Labute approximate surface area is 200 Å². The molecule has 0 bridgehead atoms. The van der Waals surface area contributed by atoms with Crippen LogP contribution in [0, 0.1) is 13.8 Å². The van der Waals surface area contributed by atoms with Gasteiger partial charge in [-0.25, -0.2) is 0 Å². The maximum absolute atomic E-state index is 13.9. The largest absolute Gasteiger partial charge is 0.492 e. The van der Waals surface area contributed by atoms with Crippen molar-refractivity contribution in [2.75, 3.05) is 18.1 Å². The van der Waals surface area contributed by atoms with Gasteiger partial charge in [-0.05, 0) is 55.4 Å². The number of amides is 3. The first-order valence-electron chi connectivity index (χ1n) is 10.3. The minimum absolute atomic E-state index is 0.204. The van der Waals surface area contributed by atoms with Gasteiger partial charge < -0.3 is 15.0 Å². The number of rotatable bonds is 4. The third-order valence-corrected chi connectivity index (χ3v) is 6.82. The van der Waals surface area contributed by atoms with Crippen molar-refractivity contribution in [1.82, 2.24) is 10.3 Å². The molecule has 0 saturated carbocycles. The van der Waals surface area contributed by atoms with Crippen LogP contribution in [0.4, 0.5) is 5.69 Å². The molecule has 33 heavy (non-hydrogen) atoms. The predicted molar refractivity (Wildman–Crippen MR) is 128 cm³/mol. The number of carbonyl (C=O) groups excluding carboxylic acids is 3. The molecule has 4 rings (SSSR count). The van der Waals surface area contributed by atoms with Gasteiger partial charge in [0.05, 0.1) is 12.2 Å². The molecule has 2 aromatic carbocycles. The SMILES string of the molecule is CC(=O)NC1=NN(C(C)=O)[C@@]2(S1)C(=O)N(CCOc1ccc(Cl)cc1)c1c(C)cc(C)cc12. The second-order valence-corrected chi connectivity index (χ2v) is 9.52. The van der Waals surface area contributed by atoms with E-state index in [1.54, 1.807) is 29.2 Å². The first-order chi connectivity index (χ1) is 15.6. The van der Waals surface area contributed by atoms with Gasteiger partial charge in [0, 0.05) is 24.4 Å². The fourth-order valence-electron chi connectivity index (χ4n) is 4.14. The Morgan fingerprint density at radius 1 is 1.18 bits per heavy atom. The lowest BCUT2D eigenvalue weighted by Gasteiger charge is -2.29. The van der Waals surface area contributed by atoms with E-state index < -0.39 is 10.8 Å². The summed E-state index contributed by atoms with van der Waals surface area (Å²) in [5, 5.41) is 8.88. The van der Waals surface area contributed by atoms with Crippen LogP contribution >= 0.6 is 23.4 Å². The van der Waals surface area contributed by atoms with Crippen LogP contribution in [0.5, 0.6) is 5.75 Å². The first kappa shape index (κ1) is 23.1. The lowest BCUT2D eigenvalue weighted by molar-refractivity contribution is -0.139. The van der Waals surface area contributed by atoms with E-state index in [-0.39, 0.29) is 30.1 Å². The molecule has 10 heteroatoms. The number of carbonyl (C=O) groups is 3. The molecule has 2 aromatic rings. The Morgan fingerprint density at radius 2 is 1.88 bits per heavy atom. The number of amidine groups is 1. The average Bonchev–Trinajstić information content (AvgIpc) is 3.21. The summed E-state index contributed by atoms with van der Waals surface area (Å²) in [6.07, 6.45) is 0. The zero-order valence-corrected chi connectivity index (χ0v) is 20.2. The summed E-state index contributed by atoms with van der Waals surface area (Å²) >= 11 is 6.99. The van der Waals surface area contributed by atoms with Gasteiger partial charge in [-0.15, -0.1) is 5.10 Å². The molecule has 8 nitrogen and oxygen atoms in total. The van der Waals surface area contributed by atoms with Gasteiger partial charge in [-0.2, -0.15) is 5.01 Å². The summed E-state index contributed by atoms with van der Waals surface area (Å²) in [5.41, 5.74) is 3.25. The van der Waals surface area contributed by atoms with Crippen molar-refractivity contribution in [2.24, 2.45) is 5.10 Å². The van der Waals surface area contributed by atoms with Crippen molar-refractivity contribution in [3.05, 3.63) is 58.1 Å². The molecule has 1 spiro atoms. The monoisotopic (exact) mass is 486 g/mol. The van der Waals surface area contributed by atoms with Crippen LogP contribution in [0.25, 0.3) is 0 Å². The van der Waals surface area contributed by atoms with Crippen LogP contribution < -0.4 is 15.0 Å². The van der Waals surface area contributed by atoms with E-state index in [1.165, 1.54) is 18.9 Å². The highest BCUT2D eigenvalue weighted by Crippen LogP contribution is 2.55. The Morgan fingerprint density at radius 3 is 2.52 bits per heavy atom. The molecule has 0 unspecified atom stereocenters. The molecule has 0 saturated heterocycles. The Bertz CT molecular complexity index is 1180. The van der Waals surface area contributed by atoms with Gasteiger partial charge in [0.1, 0.15) is 12.4 Å². The van der Waals surface area contributed by atoms with Crippen molar-refractivity contribution < 1.29 is 19.1 Å². The standard InChI is InChI=1S/C23H23ClN4O4S/c1-13-11-14(2)20-19(12-13)23(28(16(4)30)26-22(33-23)25-15(3)29)21(31)27(20)9-10-32-18-7-5-17(24)6-8-18/h5-8,11-12H,9-10H2,1-4H3,(H,25,26,29)/t23-/m0/s1. The number of hydrogen-bond acceptors (Lipinski definition) is 6. The number of anilines is 1. The highest BCUT2D eigenvalue weighted by molar-refractivity contribution is 8.15. The quantitative estimate of drug-likeness (QED) is 0.713. The second-order valence-electron chi connectivity index (χ2n) is 7.90. The highest BCUT2D eigenvalue weighted by Gasteiger charge is 2.61. The van der Waals surface area contributed by atoms with Gasteiger partial charge in [0.25, 0.3) is 5.91 Å². The van der Waals surface area contributed by atoms with E-state index >= 15 is 0 Å². The molecule has 2 heterocycles. The Hall–Kier alpha value is -3.04. The third kappa shape index (κ3) is 4.06. The molecule has 0 aliphatic carbocycles. The summed E-state index contributed by atoms with van der Waals surface area (Å²) in [6, 6.07) is 10.9. The molecule has 172 valence electrons. The molecule has 1 atom stereocenters. The normalized spacial score (nSPS) is 19.1. The van der Waals surface area contributed by atoms with Gasteiger partial charge in [0.2, 0.25) is 16.7 Å². The van der Waals surface area contributed by atoms with E-state index in [9.17, 15) is 14.4 Å². The summed E-state index contributed by atoms with van der Waals surface area (Å²) in [4.78, 5) is 38.4. The molecule has 0 radical (unpaired) electrons. The van der Waals surface area contributed by atoms with E-state index in [0.29, 0.717) is 16.3 Å². The zero-order valence-electron chi connectivity index (χ0n) is 18.6. The lowest BCUT2D eigenvalue weighted by Crippen LogP contribution is -2.49. The van der Waals surface area contributed by atoms with Crippen LogP contribution in [-0.4, -0.2) is 41.0 Å². The minimum Gasteiger partial charge on any atom is -0.492 e. The van der Waals surface area contributed by atoms with Crippen molar-refractivity contribution in [1.29, 1.82) is 0 Å². The topological polar surface area (TPSA) is 91.3 Å². The van der Waals surface area contributed by atoms with E-state index in [0.717, 1.165) is 28.6 Å². The summed E-state index contributed by atoms with van der Waals surface area (Å²) in [6.45, 7) is 7.07. The number of aryl methyl sites for hydroxylation is 2. The number of ether oxygens (including phenoxy) is 1. The number of fused-ring (bicyclic) bond motifs is 2. The van der Waals surface area contributed by atoms with Crippen molar-refractivity contribution in [3.8, 4) is 5.75 Å². The zero-order chi connectivity index (χ0) is 23.9. The smallest absolute Gasteiger partial charge is 0.270 e. The van der Waals surface area contributed by atoms with Gasteiger partial charge in [-0.3, -0.25) is 14.4 Å². The van der Waals surface area contributed by atoms with E-state index in [4.69, 9.17) is 16.3 Å².